The average molecular weight is 344 g/mol. The van der Waals surface area contributed by atoms with Gasteiger partial charge in [0.2, 0.25) is 0 Å². The Labute approximate surface area is 143 Å². The summed E-state index contributed by atoms with van der Waals surface area (Å²) >= 11 is 1.38. The normalized spacial score (nSPS) is 32.8. The maximum absolute atomic E-state index is 12.5. The predicted molar refractivity (Wildman–Crippen MR) is 91.8 cm³/mol. The largest absolute Gasteiger partial charge is 0.335 e. The first-order chi connectivity index (χ1) is 11.6. The highest BCUT2D eigenvalue weighted by atomic mass is 32.1. The molecule has 0 radical (unpaired) electrons. The number of nitrogens with one attached hydrogen (secondary N) is 2. The number of amides is 2. The van der Waals surface area contributed by atoms with E-state index < -0.39 is 0 Å². The SMILES string of the molecule is CN(Cc1nc2ccsc2c(=O)[nH]1)C(=O)NC1C2C3CCC(C3)C12. The van der Waals surface area contributed by atoms with Crippen LogP contribution in [0.15, 0.2) is 16.2 Å². The summed E-state index contributed by atoms with van der Waals surface area (Å²) in [6.45, 7) is 0.307. The standard InChI is InChI=1S/C17H20N4O2S/c1-21(7-11-18-10-4-5-24-15(10)16(22)19-11)17(23)20-14-12-8-2-3-9(6-8)13(12)14/h4-5,8-9,12-14H,2-3,6-7H2,1H3,(H,20,23)(H,18,19,22). The number of carbonyl (C=O) groups is 1. The van der Waals surface area contributed by atoms with Crippen molar-refractivity contribution >= 4 is 27.6 Å². The monoisotopic (exact) mass is 344 g/mol. The maximum Gasteiger partial charge on any atom is 0.317 e. The lowest BCUT2D eigenvalue weighted by molar-refractivity contribution is 0.203. The third-order valence-electron chi connectivity index (χ3n) is 6.12. The zero-order valence-corrected chi connectivity index (χ0v) is 14.3. The Balaban J connectivity index is 1.25. The number of urea groups is 1. The van der Waals surface area contributed by atoms with Gasteiger partial charge in [-0.1, -0.05) is 0 Å². The Morgan fingerprint density at radius 2 is 2.17 bits per heavy atom. The van der Waals surface area contributed by atoms with Crippen molar-refractivity contribution in [2.45, 2.75) is 31.8 Å². The lowest BCUT2D eigenvalue weighted by Gasteiger charge is -2.19. The van der Waals surface area contributed by atoms with Crippen LogP contribution in [0.25, 0.3) is 10.2 Å². The van der Waals surface area contributed by atoms with Crippen molar-refractivity contribution in [1.29, 1.82) is 0 Å². The minimum Gasteiger partial charge on any atom is -0.335 e. The summed E-state index contributed by atoms with van der Waals surface area (Å²) in [5.41, 5.74) is 0.563. The topological polar surface area (TPSA) is 78.1 Å². The molecule has 24 heavy (non-hydrogen) atoms. The molecule has 3 fully saturated rings. The van der Waals surface area contributed by atoms with E-state index in [2.05, 4.69) is 15.3 Å². The van der Waals surface area contributed by atoms with Crippen molar-refractivity contribution in [1.82, 2.24) is 20.2 Å². The Morgan fingerprint density at radius 1 is 1.42 bits per heavy atom. The summed E-state index contributed by atoms with van der Waals surface area (Å²) in [6.07, 6.45) is 4.07. The Kier molecular flexibility index (Phi) is 3.04. The van der Waals surface area contributed by atoms with Gasteiger partial charge in [0.1, 0.15) is 10.5 Å². The fourth-order valence-corrected chi connectivity index (χ4v) is 5.79. The van der Waals surface area contributed by atoms with Crippen molar-refractivity contribution in [2.24, 2.45) is 23.7 Å². The van der Waals surface area contributed by atoms with Crippen LogP contribution in [0.4, 0.5) is 4.79 Å². The number of rotatable bonds is 3. The van der Waals surface area contributed by atoms with Gasteiger partial charge in [0.15, 0.2) is 0 Å². The smallest absolute Gasteiger partial charge is 0.317 e. The van der Waals surface area contributed by atoms with E-state index in [-0.39, 0.29) is 11.6 Å². The summed E-state index contributed by atoms with van der Waals surface area (Å²) in [5, 5.41) is 5.05. The zero-order chi connectivity index (χ0) is 16.4. The molecule has 3 aliphatic rings. The van der Waals surface area contributed by atoms with Gasteiger partial charge in [-0.25, -0.2) is 9.78 Å². The van der Waals surface area contributed by atoms with Crippen molar-refractivity contribution in [2.75, 3.05) is 7.05 Å². The van der Waals surface area contributed by atoms with Gasteiger partial charge in [-0.2, -0.15) is 0 Å². The van der Waals surface area contributed by atoms with Gasteiger partial charge in [0.05, 0.1) is 12.1 Å². The average Bonchev–Trinajstić information content (AvgIpc) is 2.97. The molecule has 4 unspecified atom stereocenters. The molecule has 0 saturated heterocycles. The Bertz CT molecular complexity index is 859. The van der Waals surface area contributed by atoms with E-state index in [9.17, 15) is 9.59 Å². The quantitative estimate of drug-likeness (QED) is 0.896. The third-order valence-corrected chi connectivity index (χ3v) is 7.03. The second kappa shape index (κ2) is 5.05. The minimum absolute atomic E-state index is 0.0677. The van der Waals surface area contributed by atoms with E-state index in [4.69, 9.17) is 0 Å². The summed E-state index contributed by atoms with van der Waals surface area (Å²) in [7, 11) is 1.75. The van der Waals surface area contributed by atoms with Crippen LogP contribution in [0, 0.1) is 23.7 Å². The first-order valence-electron chi connectivity index (χ1n) is 8.60. The van der Waals surface area contributed by atoms with Crippen molar-refractivity contribution < 1.29 is 4.79 Å². The molecule has 2 aromatic heterocycles. The molecule has 0 spiro atoms. The molecule has 0 aliphatic heterocycles. The molecule has 126 valence electrons. The van der Waals surface area contributed by atoms with E-state index >= 15 is 0 Å². The van der Waals surface area contributed by atoms with Crippen LogP contribution in [0.5, 0.6) is 0 Å². The van der Waals surface area contributed by atoms with Crippen LogP contribution < -0.4 is 10.9 Å². The number of hydrogen-bond donors (Lipinski definition) is 2. The molecular weight excluding hydrogens is 324 g/mol. The van der Waals surface area contributed by atoms with Gasteiger partial charge < -0.3 is 15.2 Å². The molecule has 2 heterocycles. The fraction of sp³-hybridized carbons (Fsp3) is 0.588. The van der Waals surface area contributed by atoms with E-state index in [1.165, 1.54) is 30.6 Å². The third kappa shape index (κ3) is 2.10. The van der Waals surface area contributed by atoms with Crippen LogP contribution in [0.1, 0.15) is 25.1 Å². The number of H-pyrrole nitrogens is 1. The summed E-state index contributed by atoms with van der Waals surface area (Å²) < 4.78 is 0.632. The van der Waals surface area contributed by atoms with Gasteiger partial charge in [-0.3, -0.25) is 4.79 Å². The number of hydrogen-bond acceptors (Lipinski definition) is 4. The number of aromatic amines is 1. The van der Waals surface area contributed by atoms with Gasteiger partial charge >= 0.3 is 6.03 Å². The van der Waals surface area contributed by atoms with Crippen LogP contribution in [0.2, 0.25) is 0 Å². The van der Waals surface area contributed by atoms with Gasteiger partial charge in [0.25, 0.3) is 5.56 Å². The van der Waals surface area contributed by atoms with E-state index in [0.29, 0.717) is 28.6 Å². The van der Waals surface area contributed by atoms with Crippen molar-refractivity contribution in [3.63, 3.8) is 0 Å². The Morgan fingerprint density at radius 3 is 2.92 bits per heavy atom. The van der Waals surface area contributed by atoms with Crippen molar-refractivity contribution in [3.8, 4) is 0 Å². The lowest BCUT2D eigenvalue weighted by Crippen LogP contribution is -2.40. The van der Waals surface area contributed by atoms with E-state index in [1.807, 2.05) is 11.4 Å². The first kappa shape index (κ1) is 14.5. The number of carbonyl (C=O) groups excluding carboxylic acids is 1. The molecule has 7 heteroatoms. The van der Waals surface area contributed by atoms with Crippen LogP contribution in [-0.2, 0) is 6.54 Å². The molecule has 5 rings (SSSR count). The van der Waals surface area contributed by atoms with Crippen LogP contribution >= 0.6 is 11.3 Å². The lowest BCUT2D eigenvalue weighted by atomic mass is 10.0. The molecule has 3 aliphatic carbocycles. The predicted octanol–water partition coefficient (Wildman–Crippen LogP) is 2.17. The fourth-order valence-electron chi connectivity index (χ4n) is 5.06. The van der Waals surface area contributed by atoms with E-state index in [1.54, 1.807) is 11.9 Å². The van der Waals surface area contributed by atoms with Gasteiger partial charge in [-0.15, -0.1) is 11.3 Å². The highest BCUT2D eigenvalue weighted by molar-refractivity contribution is 7.17. The molecule has 0 aromatic carbocycles. The molecule has 2 bridgehead atoms. The zero-order valence-electron chi connectivity index (χ0n) is 13.5. The van der Waals surface area contributed by atoms with E-state index in [0.717, 1.165) is 23.7 Å². The van der Waals surface area contributed by atoms with Crippen molar-refractivity contribution in [3.05, 3.63) is 27.6 Å². The molecule has 2 N–H and O–H groups in total. The highest BCUT2D eigenvalue weighted by Gasteiger charge is 2.65. The summed E-state index contributed by atoms with van der Waals surface area (Å²) in [4.78, 5) is 33.3. The van der Waals surface area contributed by atoms with Gasteiger partial charge in [0, 0.05) is 13.1 Å². The molecular formula is C17H20N4O2S. The first-order valence-corrected chi connectivity index (χ1v) is 9.48. The number of aromatic nitrogens is 2. The van der Waals surface area contributed by atoms with Crippen LogP contribution in [0.3, 0.4) is 0 Å². The molecule has 2 amide bonds. The summed E-state index contributed by atoms with van der Waals surface area (Å²) in [6, 6.07) is 2.14. The second-order valence-corrected chi connectivity index (χ2v) is 8.38. The molecule has 2 aromatic rings. The highest BCUT2D eigenvalue weighted by Crippen LogP contribution is 2.65. The number of fused-ring (bicyclic) bond motifs is 6. The molecule has 6 nitrogen and oxygen atoms in total. The number of nitrogens with zero attached hydrogens (tertiary/aromatic N) is 2. The Hall–Kier alpha value is -1.89. The molecule has 3 saturated carbocycles. The van der Waals surface area contributed by atoms with Crippen LogP contribution in [-0.4, -0.2) is 34.0 Å². The maximum atomic E-state index is 12.5. The summed E-state index contributed by atoms with van der Waals surface area (Å²) in [5.74, 6) is 3.66. The minimum atomic E-state index is -0.132. The number of thiophene rings is 1. The van der Waals surface area contributed by atoms with Gasteiger partial charge in [-0.05, 0) is 54.4 Å². The second-order valence-electron chi connectivity index (χ2n) is 7.47. The molecule has 4 atom stereocenters.